The summed E-state index contributed by atoms with van der Waals surface area (Å²) in [7, 11) is 0. The number of nitrogens with zero attached hydrogens (tertiary/aromatic N) is 1. The van der Waals surface area contributed by atoms with Crippen LogP contribution in [0.1, 0.15) is 21.5 Å². The van der Waals surface area contributed by atoms with Crippen LogP contribution in [0.4, 0.5) is 0 Å². The number of rotatable bonds is 4. The first-order valence-corrected chi connectivity index (χ1v) is 12.1. The van der Waals surface area contributed by atoms with Gasteiger partial charge in [-0.05, 0) is 70.5 Å². The second kappa shape index (κ2) is 8.99. The molecule has 0 fully saturated rings. The number of carbonyl (C=O) groups excluding carboxylic acids is 2. The largest absolute Gasteiger partial charge is 0.454 e. The van der Waals surface area contributed by atoms with Gasteiger partial charge in [0.25, 0.3) is 0 Å². The van der Waals surface area contributed by atoms with Crippen LogP contribution >= 0.6 is 31.9 Å². The fraction of sp³-hybridized carbons (Fsp3) is 0.0800. The zero-order valence-electron chi connectivity index (χ0n) is 18.1. The molecule has 3 aromatic rings. The molecule has 0 aromatic heterocycles. The van der Waals surface area contributed by atoms with Crippen LogP contribution in [0.3, 0.4) is 0 Å². The number of halogens is 2. The van der Waals surface area contributed by atoms with E-state index in [-0.39, 0.29) is 36.5 Å². The molecule has 0 unspecified atom stereocenters. The summed E-state index contributed by atoms with van der Waals surface area (Å²) in [6, 6.07) is 13.3. The monoisotopic (exact) mass is 613 g/mol. The van der Waals surface area contributed by atoms with E-state index >= 15 is 0 Å². The summed E-state index contributed by atoms with van der Waals surface area (Å²) in [5.74, 6) is 1.22. The predicted octanol–water partition coefficient (Wildman–Crippen LogP) is 5.23. The Labute approximate surface area is 220 Å². The van der Waals surface area contributed by atoms with Gasteiger partial charge in [0.05, 0.1) is 10.0 Å². The van der Waals surface area contributed by atoms with E-state index in [0.717, 1.165) is 0 Å². The van der Waals surface area contributed by atoms with Gasteiger partial charge in [0.1, 0.15) is 0 Å². The molecule has 36 heavy (non-hydrogen) atoms. The molecule has 3 heterocycles. The molecule has 180 valence electrons. The van der Waals surface area contributed by atoms with Gasteiger partial charge < -0.3 is 28.4 Å². The Kier molecular flexibility index (Phi) is 5.65. The van der Waals surface area contributed by atoms with Crippen molar-refractivity contribution >= 4 is 55.8 Å². The molecular formula is C25H13Br2NO8. The first-order chi connectivity index (χ1) is 17.4. The number of ether oxygens (including phenoxy) is 6. The zero-order chi connectivity index (χ0) is 24.8. The highest BCUT2D eigenvalue weighted by Gasteiger charge is 2.27. The van der Waals surface area contributed by atoms with Crippen molar-refractivity contribution in [2.45, 2.75) is 0 Å². The SMILES string of the molecule is O=C1OC(c2ccc3c(c2)OCO3)=NC1=Cc1cc(Br)cc(Br)c1OC(=O)c1ccc2c(c1)OCO2. The highest BCUT2D eigenvalue weighted by atomic mass is 79.9. The molecule has 0 bridgehead atoms. The molecule has 3 aliphatic rings. The van der Waals surface area contributed by atoms with Gasteiger partial charge in [-0.15, -0.1) is 0 Å². The lowest BCUT2D eigenvalue weighted by molar-refractivity contribution is -0.129. The third kappa shape index (κ3) is 4.20. The van der Waals surface area contributed by atoms with Gasteiger partial charge in [-0.2, -0.15) is 0 Å². The Balaban J connectivity index is 1.32. The fourth-order valence-electron chi connectivity index (χ4n) is 3.68. The van der Waals surface area contributed by atoms with Crippen molar-refractivity contribution in [3.63, 3.8) is 0 Å². The Morgan fingerprint density at radius 1 is 0.889 bits per heavy atom. The molecule has 0 N–H and O–H groups in total. The topological polar surface area (TPSA) is 102 Å². The molecule has 0 amide bonds. The lowest BCUT2D eigenvalue weighted by Gasteiger charge is -2.11. The molecule has 9 nitrogen and oxygen atoms in total. The van der Waals surface area contributed by atoms with Crippen LogP contribution in [-0.2, 0) is 9.53 Å². The highest BCUT2D eigenvalue weighted by Crippen LogP contribution is 2.38. The molecular weight excluding hydrogens is 602 g/mol. The minimum Gasteiger partial charge on any atom is -0.454 e. The Morgan fingerprint density at radius 2 is 1.58 bits per heavy atom. The van der Waals surface area contributed by atoms with Crippen molar-refractivity contribution in [3.05, 3.63) is 79.9 Å². The maximum atomic E-state index is 12.9. The Bertz CT molecular complexity index is 1510. The molecule has 3 aromatic carbocycles. The molecule has 3 aliphatic heterocycles. The van der Waals surface area contributed by atoms with Crippen LogP contribution in [0.15, 0.2) is 68.2 Å². The van der Waals surface area contributed by atoms with E-state index < -0.39 is 11.9 Å². The summed E-state index contributed by atoms with van der Waals surface area (Å²) >= 11 is 6.86. The summed E-state index contributed by atoms with van der Waals surface area (Å²) in [6.45, 7) is 0.219. The lowest BCUT2D eigenvalue weighted by atomic mass is 10.1. The number of aliphatic imine (C=N–C) groups is 1. The molecule has 0 saturated heterocycles. The first-order valence-electron chi connectivity index (χ1n) is 10.5. The minimum absolute atomic E-state index is 0.0352. The number of fused-ring (bicyclic) bond motifs is 2. The molecule has 11 heteroatoms. The van der Waals surface area contributed by atoms with Crippen LogP contribution in [0, 0.1) is 0 Å². The summed E-state index contributed by atoms with van der Waals surface area (Å²) in [5, 5.41) is 0. The van der Waals surface area contributed by atoms with Crippen LogP contribution in [-0.4, -0.2) is 31.4 Å². The van der Waals surface area contributed by atoms with Crippen LogP contribution in [0.25, 0.3) is 6.08 Å². The quantitative estimate of drug-likeness (QED) is 0.224. The zero-order valence-corrected chi connectivity index (χ0v) is 21.3. The second-order valence-corrected chi connectivity index (χ2v) is 9.44. The van der Waals surface area contributed by atoms with Crippen molar-refractivity contribution in [1.82, 2.24) is 0 Å². The standard InChI is InChI=1S/C25H13Br2NO8/c26-15-5-14(6-17-25(30)36-23(28-17)12-1-3-18-20(7-12)33-10-31-18)22(16(27)9-15)35-24(29)13-2-4-19-21(8-13)34-11-32-19/h1-9H,10-11H2. The van der Waals surface area contributed by atoms with Gasteiger partial charge in [-0.1, -0.05) is 15.9 Å². The van der Waals surface area contributed by atoms with E-state index in [1.807, 2.05) is 0 Å². The third-order valence-corrected chi connectivity index (χ3v) is 6.42. The van der Waals surface area contributed by atoms with Crippen molar-refractivity contribution in [2.75, 3.05) is 13.6 Å². The smallest absolute Gasteiger partial charge is 0.363 e. The Hall–Kier alpha value is -3.83. The van der Waals surface area contributed by atoms with E-state index in [1.54, 1.807) is 48.5 Å². The molecule has 6 rings (SSSR count). The van der Waals surface area contributed by atoms with E-state index in [2.05, 4.69) is 36.9 Å². The normalized spacial score (nSPS) is 16.2. The summed E-state index contributed by atoms with van der Waals surface area (Å²) < 4.78 is 33.6. The fourth-order valence-corrected chi connectivity index (χ4v) is 5.02. The van der Waals surface area contributed by atoms with E-state index in [1.165, 1.54) is 6.08 Å². The maximum Gasteiger partial charge on any atom is 0.363 e. The van der Waals surface area contributed by atoms with Crippen LogP contribution in [0.2, 0.25) is 0 Å². The van der Waals surface area contributed by atoms with Crippen molar-refractivity contribution in [2.24, 2.45) is 4.99 Å². The maximum absolute atomic E-state index is 12.9. The van der Waals surface area contributed by atoms with Gasteiger partial charge in [0.15, 0.2) is 34.4 Å². The number of esters is 2. The number of benzene rings is 3. The summed E-state index contributed by atoms with van der Waals surface area (Å²) in [5.41, 5.74) is 1.29. The van der Waals surface area contributed by atoms with E-state index in [0.29, 0.717) is 43.1 Å². The Morgan fingerprint density at radius 3 is 2.36 bits per heavy atom. The minimum atomic E-state index is -0.646. The van der Waals surface area contributed by atoms with Crippen LogP contribution in [0.5, 0.6) is 28.7 Å². The molecule has 0 aliphatic carbocycles. The van der Waals surface area contributed by atoms with Gasteiger partial charge in [0.2, 0.25) is 19.5 Å². The van der Waals surface area contributed by atoms with Gasteiger partial charge in [0, 0.05) is 15.6 Å². The molecule has 0 saturated carbocycles. The molecule has 0 spiro atoms. The average molecular weight is 615 g/mol. The third-order valence-electron chi connectivity index (χ3n) is 5.37. The summed E-state index contributed by atoms with van der Waals surface area (Å²) in [4.78, 5) is 29.9. The number of carbonyl (C=O) groups is 2. The van der Waals surface area contributed by atoms with Crippen molar-refractivity contribution in [1.29, 1.82) is 0 Å². The molecule has 0 atom stereocenters. The second-order valence-electron chi connectivity index (χ2n) is 7.67. The predicted molar refractivity (Wildman–Crippen MR) is 133 cm³/mol. The van der Waals surface area contributed by atoms with Gasteiger partial charge >= 0.3 is 11.9 Å². The first kappa shape index (κ1) is 22.6. The number of hydrogen-bond donors (Lipinski definition) is 0. The average Bonchev–Trinajstić information content (AvgIpc) is 3.60. The van der Waals surface area contributed by atoms with Crippen molar-refractivity contribution in [3.8, 4) is 28.7 Å². The highest BCUT2D eigenvalue weighted by molar-refractivity contribution is 9.11. The van der Waals surface area contributed by atoms with E-state index in [9.17, 15) is 9.59 Å². The molecule has 0 radical (unpaired) electrons. The number of cyclic esters (lactones) is 1. The summed E-state index contributed by atoms with van der Waals surface area (Å²) in [6.07, 6.45) is 1.49. The van der Waals surface area contributed by atoms with Crippen LogP contribution < -0.4 is 23.7 Å². The lowest BCUT2D eigenvalue weighted by Crippen LogP contribution is -2.10. The van der Waals surface area contributed by atoms with Gasteiger partial charge in [-0.3, -0.25) is 0 Å². The van der Waals surface area contributed by atoms with Crippen molar-refractivity contribution < 1.29 is 38.0 Å². The van der Waals surface area contributed by atoms with Gasteiger partial charge in [-0.25, -0.2) is 14.6 Å². The number of hydrogen-bond acceptors (Lipinski definition) is 9. The van der Waals surface area contributed by atoms with E-state index in [4.69, 9.17) is 28.4 Å².